The average Bonchev–Trinajstić information content (AvgIpc) is 3.48. The SMILES string of the molecule is CCOC(=O)C1=CC=CC2=N[C@H]3N[C@H](C(=O)OCc4ccccc4)C(C(=O)OCc4ccccc4)=C3[C@@H]12. The molecule has 1 N–H and O–H groups in total. The number of carbonyl (C=O) groups excluding carboxylic acids is 3. The van der Waals surface area contributed by atoms with Crippen LogP contribution in [0.1, 0.15) is 18.1 Å². The first-order valence-corrected chi connectivity index (χ1v) is 12.1. The molecule has 0 spiro atoms. The summed E-state index contributed by atoms with van der Waals surface area (Å²) in [5.74, 6) is -2.40. The third kappa shape index (κ3) is 5.01. The summed E-state index contributed by atoms with van der Waals surface area (Å²) < 4.78 is 16.4. The molecule has 2 aromatic rings. The third-order valence-corrected chi connectivity index (χ3v) is 6.36. The molecule has 37 heavy (non-hydrogen) atoms. The van der Waals surface area contributed by atoms with Gasteiger partial charge in [-0.2, -0.15) is 0 Å². The number of allylic oxidation sites excluding steroid dienone is 3. The Balaban J connectivity index is 1.46. The van der Waals surface area contributed by atoms with Crippen molar-refractivity contribution >= 4 is 23.6 Å². The summed E-state index contributed by atoms with van der Waals surface area (Å²) in [5, 5.41) is 3.12. The second-order valence-corrected chi connectivity index (χ2v) is 8.71. The van der Waals surface area contributed by atoms with Gasteiger partial charge in [-0.15, -0.1) is 0 Å². The highest BCUT2D eigenvalue weighted by Gasteiger charge is 2.50. The lowest BCUT2D eigenvalue weighted by molar-refractivity contribution is -0.149. The van der Waals surface area contributed by atoms with E-state index in [2.05, 4.69) is 10.3 Å². The van der Waals surface area contributed by atoms with Gasteiger partial charge in [0.1, 0.15) is 25.4 Å². The van der Waals surface area contributed by atoms with Gasteiger partial charge in [0, 0.05) is 5.71 Å². The smallest absolute Gasteiger partial charge is 0.336 e. The fraction of sp³-hybridized carbons (Fsp3) is 0.241. The quantitative estimate of drug-likeness (QED) is 0.440. The Morgan fingerprint density at radius 3 is 2.16 bits per heavy atom. The van der Waals surface area contributed by atoms with Gasteiger partial charge in [0.15, 0.2) is 0 Å². The normalized spacial score (nSPS) is 21.5. The molecule has 0 saturated heterocycles. The molecule has 0 unspecified atom stereocenters. The summed E-state index contributed by atoms with van der Waals surface area (Å²) in [6.07, 6.45) is 4.50. The maximum atomic E-state index is 13.5. The molecular formula is C29H26N2O6. The largest absolute Gasteiger partial charge is 0.463 e. The number of hydrogen-bond donors (Lipinski definition) is 1. The highest BCUT2D eigenvalue weighted by Crippen LogP contribution is 2.41. The number of aliphatic imine (C=N–C) groups is 1. The van der Waals surface area contributed by atoms with Crippen molar-refractivity contribution in [1.29, 1.82) is 0 Å². The number of benzene rings is 2. The Hall–Kier alpha value is -4.30. The molecular weight excluding hydrogens is 472 g/mol. The molecule has 0 radical (unpaired) electrons. The van der Waals surface area contributed by atoms with E-state index in [1.165, 1.54) is 0 Å². The molecule has 0 saturated carbocycles. The van der Waals surface area contributed by atoms with E-state index in [9.17, 15) is 14.4 Å². The Kier molecular flexibility index (Phi) is 7.09. The first-order valence-electron chi connectivity index (χ1n) is 12.1. The lowest BCUT2D eigenvalue weighted by Gasteiger charge is -2.21. The highest BCUT2D eigenvalue weighted by molar-refractivity contribution is 6.13. The predicted octanol–water partition coefficient (Wildman–Crippen LogP) is 3.20. The van der Waals surface area contributed by atoms with Crippen LogP contribution < -0.4 is 5.32 Å². The molecule has 3 aliphatic rings. The number of fused-ring (bicyclic) bond motifs is 3. The van der Waals surface area contributed by atoms with Crippen LogP contribution in [0.2, 0.25) is 0 Å². The molecule has 1 aliphatic carbocycles. The van der Waals surface area contributed by atoms with E-state index in [0.29, 0.717) is 16.9 Å². The molecule has 0 aromatic heterocycles. The molecule has 8 nitrogen and oxygen atoms in total. The van der Waals surface area contributed by atoms with Gasteiger partial charge in [-0.25, -0.2) is 14.4 Å². The van der Waals surface area contributed by atoms with Crippen molar-refractivity contribution in [1.82, 2.24) is 5.32 Å². The van der Waals surface area contributed by atoms with E-state index < -0.39 is 36.0 Å². The topological polar surface area (TPSA) is 103 Å². The molecule has 3 atom stereocenters. The summed E-state index contributed by atoms with van der Waals surface area (Å²) >= 11 is 0. The number of hydrogen-bond acceptors (Lipinski definition) is 8. The first-order chi connectivity index (χ1) is 18.1. The van der Waals surface area contributed by atoms with Gasteiger partial charge in [-0.3, -0.25) is 10.3 Å². The van der Waals surface area contributed by atoms with Crippen molar-refractivity contribution < 1.29 is 28.6 Å². The van der Waals surface area contributed by atoms with Crippen LogP contribution in [0, 0.1) is 5.92 Å². The van der Waals surface area contributed by atoms with Crippen LogP contribution in [0.3, 0.4) is 0 Å². The number of nitrogens with zero attached hydrogens (tertiary/aromatic N) is 1. The van der Waals surface area contributed by atoms with Crippen LogP contribution in [0.4, 0.5) is 0 Å². The minimum Gasteiger partial charge on any atom is -0.463 e. The summed E-state index contributed by atoms with van der Waals surface area (Å²) in [6, 6.07) is 17.4. The fourth-order valence-electron chi connectivity index (χ4n) is 4.70. The van der Waals surface area contributed by atoms with Crippen molar-refractivity contribution in [3.63, 3.8) is 0 Å². The van der Waals surface area contributed by atoms with E-state index in [1.807, 2.05) is 60.7 Å². The molecule has 0 bridgehead atoms. The molecule has 8 heteroatoms. The van der Waals surface area contributed by atoms with Crippen molar-refractivity contribution in [3.05, 3.63) is 107 Å². The number of ether oxygens (including phenoxy) is 3. The predicted molar refractivity (Wildman–Crippen MR) is 135 cm³/mol. The van der Waals surface area contributed by atoms with Gasteiger partial charge in [0.05, 0.1) is 23.7 Å². The Bertz CT molecular complexity index is 1330. The van der Waals surface area contributed by atoms with Gasteiger partial charge < -0.3 is 14.2 Å². The molecule has 5 rings (SSSR count). The highest BCUT2D eigenvalue weighted by atomic mass is 16.5. The van der Waals surface area contributed by atoms with Gasteiger partial charge in [0.25, 0.3) is 0 Å². The molecule has 2 heterocycles. The number of rotatable bonds is 8. The van der Waals surface area contributed by atoms with E-state index in [0.717, 1.165) is 11.1 Å². The van der Waals surface area contributed by atoms with Crippen LogP contribution in [-0.2, 0) is 41.8 Å². The number of carbonyl (C=O) groups is 3. The summed E-state index contributed by atoms with van der Waals surface area (Å²) in [6.45, 7) is 2.02. The average molecular weight is 499 g/mol. The van der Waals surface area contributed by atoms with Crippen LogP contribution >= 0.6 is 0 Å². The van der Waals surface area contributed by atoms with Crippen molar-refractivity contribution in [3.8, 4) is 0 Å². The lowest BCUT2D eigenvalue weighted by Crippen LogP contribution is -2.40. The van der Waals surface area contributed by atoms with Crippen LogP contribution in [-0.4, -0.2) is 42.4 Å². The number of nitrogens with one attached hydrogen (secondary N) is 1. The van der Waals surface area contributed by atoms with Crippen molar-refractivity contribution in [2.75, 3.05) is 6.61 Å². The zero-order chi connectivity index (χ0) is 25.8. The van der Waals surface area contributed by atoms with Crippen molar-refractivity contribution in [2.45, 2.75) is 32.3 Å². The molecule has 0 fully saturated rings. The zero-order valence-electron chi connectivity index (χ0n) is 20.3. The zero-order valence-corrected chi connectivity index (χ0v) is 20.3. The Morgan fingerprint density at radius 1 is 0.865 bits per heavy atom. The Labute approximate surface area is 214 Å². The molecule has 2 aromatic carbocycles. The van der Waals surface area contributed by atoms with E-state index in [4.69, 9.17) is 14.2 Å². The van der Waals surface area contributed by atoms with Crippen molar-refractivity contribution in [2.24, 2.45) is 10.9 Å². The van der Waals surface area contributed by atoms with Gasteiger partial charge in [-0.05, 0) is 29.7 Å². The maximum Gasteiger partial charge on any atom is 0.336 e. The van der Waals surface area contributed by atoms with Gasteiger partial charge in [0.2, 0.25) is 0 Å². The van der Waals surface area contributed by atoms with E-state index in [-0.39, 0.29) is 25.4 Å². The second kappa shape index (κ2) is 10.8. The van der Waals surface area contributed by atoms with E-state index in [1.54, 1.807) is 25.2 Å². The maximum absolute atomic E-state index is 13.5. The van der Waals surface area contributed by atoms with Gasteiger partial charge in [-0.1, -0.05) is 72.8 Å². The van der Waals surface area contributed by atoms with Gasteiger partial charge >= 0.3 is 17.9 Å². The monoisotopic (exact) mass is 498 g/mol. The summed E-state index contributed by atoms with van der Waals surface area (Å²) in [5.41, 5.74) is 3.23. The van der Waals surface area contributed by atoms with Crippen LogP contribution in [0.15, 0.2) is 101 Å². The minimum atomic E-state index is -1.09. The Morgan fingerprint density at radius 2 is 1.51 bits per heavy atom. The molecule has 0 amide bonds. The minimum absolute atomic E-state index is 0.0335. The molecule has 188 valence electrons. The fourth-order valence-corrected chi connectivity index (χ4v) is 4.70. The third-order valence-electron chi connectivity index (χ3n) is 6.36. The first kappa shape index (κ1) is 24.4. The van der Waals surface area contributed by atoms with E-state index >= 15 is 0 Å². The molecule has 2 aliphatic heterocycles. The number of esters is 3. The lowest BCUT2D eigenvalue weighted by atomic mass is 9.82. The van der Waals surface area contributed by atoms with Crippen LogP contribution in [0.5, 0.6) is 0 Å². The summed E-state index contributed by atoms with van der Waals surface area (Å²) in [4.78, 5) is 44.1. The van der Waals surface area contributed by atoms with Crippen LogP contribution in [0.25, 0.3) is 0 Å². The second-order valence-electron chi connectivity index (χ2n) is 8.71. The summed E-state index contributed by atoms with van der Waals surface area (Å²) in [7, 11) is 0. The standard InChI is InChI=1S/C29H26N2O6/c1-2-35-27(32)20-14-9-15-21-22(20)23-24(28(33)36-16-18-10-5-3-6-11-18)25(31-26(23)30-21)29(34)37-17-19-12-7-4-8-13-19/h3-15,22,25-26,31H,2,16-17H2,1H3/t22-,25-,26-/m0/s1.